The number of hydrogen-bond donors (Lipinski definition) is 0. The van der Waals surface area contributed by atoms with Gasteiger partial charge in [0.25, 0.3) is 0 Å². The lowest BCUT2D eigenvalue weighted by Crippen LogP contribution is -2.45. The molecule has 1 aromatic heterocycles. The van der Waals surface area contributed by atoms with Crippen LogP contribution in [-0.2, 0) is 13.2 Å². The minimum absolute atomic E-state index is 0.156. The van der Waals surface area contributed by atoms with Crippen LogP contribution in [0.2, 0.25) is 0 Å². The standard InChI is InChI=1S/C24H23FN4/c1-18(20-11-13-21(25)14-12-20)28-16-27(15-19-7-3-2-4-8-19)24-26-22-9-5-6-10-23(22)29(24)17-28/h2-14,18H,15-17H2,1H3/t18-/m0/s1. The highest BCUT2D eigenvalue weighted by molar-refractivity contribution is 5.79. The number of para-hydroxylation sites is 2. The van der Waals surface area contributed by atoms with Crippen LogP contribution in [0.5, 0.6) is 0 Å². The number of nitrogens with zero attached hydrogens (tertiary/aromatic N) is 4. The fourth-order valence-corrected chi connectivity index (χ4v) is 4.07. The predicted octanol–water partition coefficient (Wildman–Crippen LogP) is 5.17. The molecule has 4 nitrogen and oxygen atoms in total. The zero-order chi connectivity index (χ0) is 19.8. The van der Waals surface area contributed by atoms with E-state index in [0.29, 0.717) is 0 Å². The fraction of sp³-hybridized carbons (Fsp3) is 0.208. The van der Waals surface area contributed by atoms with Crippen molar-refractivity contribution in [2.24, 2.45) is 0 Å². The maximum absolute atomic E-state index is 13.4. The number of benzene rings is 3. The molecule has 0 unspecified atom stereocenters. The molecular weight excluding hydrogens is 363 g/mol. The van der Waals surface area contributed by atoms with Gasteiger partial charge in [-0.2, -0.15) is 0 Å². The van der Waals surface area contributed by atoms with E-state index < -0.39 is 0 Å². The summed E-state index contributed by atoms with van der Waals surface area (Å²) in [6.07, 6.45) is 0. The summed E-state index contributed by atoms with van der Waals surface area (Å²) in [6, 6.07) is 25.7. The summed E-state index contributed by atoms with van der Waals surface area (Å²) in [5, 5.41) is 0. The Kier molecular flexibility index (Phi) is 4.52. The zero-order valence-corrected chi connectivity index (χ0v) is 16.4. The van der Waals surface area contributed by atoms with Crippen molar-refractivity contribution in [2.45, 2.75) is 26.2 Å². The number of halogens is 1. The minimum Gasteiger partial charge on any atom is -0.325 e. The number of aromatic nitrogens is 2. The lowest BCUT2D eigenvalue weighted by Gasteiger charge is -2.40. The van der Waals surface area contributed by atoms with Gasteiger partial charge in [-0.15, -0.1) is 0 Å². The molecule has 0 spiro atoms. The van der Waals surface area contributed by atoms with Crippen molar-refractivity contribution >= 4 is 17.0 Å². The maximum atomic E-state index is 13.4. The smallest absolute Gasteiger partial charge is 0.209 e. The number of hydrogen-bond acceptors (Lipinski definition) is 3. The molecule has 0 N–H and O–H groups in total. The predicted molar refractivity (Wildman–Crippen MR) is 114 cm³/mol. The van der Waals surface area contributed by atoms with Crippen molar-refractivity contribution in [1.29, 1.82) is 0 Å². The number of rotatable bonds is 4. The van der Waals surface area contributed by atoms with Crippen LogP contribution in [0.4, 0.5) is 10.3 Å². The van der Waals surface area contributed by atoms with Gasteiger partial charge in [-0.1, -0.05) is 54.6 Å². The van der Waals surface area contributed by atoms with Gasteiger partial charge in [-0.3, -0.25) is 9.47 Å². The van der Waals surface area contributed by atoms with Crippen LogP contribution in [-0.4, -0.2) is 21.1 Å². The van der Waals surface area contributed by atoms with E-state index in [9.17, 15) is 4.39 Å². The number of imidazole rings is 1. The molecule has 1 aliphatic heterocycles. The van der Waals surface area contributed by atoms with Gasteiger partial charge < -0.3 is 4.90 Å². The van der Waals surface area contributed by atoms with E-state index in [1.54, 1.807) is 0 Å². The second-order valence-corrected chi connectivity index (χ2v) is 7.61. The second kappa shape index (κ2) is 7.33. The molecule has 1 aliphatic rings. The van der Waals surface area contributed by atoms with Gasteiger partial charge in [0.1, 0.15) is 5.82 Å². The highest BCUT2D eigenvalue weighted by Crippen LogP contribution is 2.32. The van der Waals surface area contributed by atoms with Crippen LogP contribution in [0.1, 0.15) is 24.1 Å². The summed E-state index contributed by atoms with van der Waals surface area (Å²) in [5.74, 6) is 0.797. The van der Waals surface area contributed by atoms with Crippen molar-refractivity contribution in [3.8, 4) is 0 Å². The Bertz CT molecular complexity index is 1120. The summed E-state index contributed by atoms with van der Waals surface area (Å²) >= 11 is 0. The third-order valence-corrected chi connectivity index (χ3v) is 5.71. The average molecular weight is 386 g/mol. The Hall–Kier alpha value is -3.18. The topological polar surface area (TPSA) is 24.3 Å². The van der Waals surface area contributed by atoms with Gasteiger partial charge in [0.05, 0.1) is 24.4 Å². The molecule has 5 heteroatoms. The van der Waals surface area contributed by atoms with Crippen LogP contribution in [0.25, 0.3) is 11.0 Å². The van der Waals surface area contributed by atoms with Crippen molar-refractivity contribution in [1.82, 2.24) is 14.5 Å². The molecule has 0 fully saturated rings. The Morgan fingerprint density at radius 3 is 2.41 bits per heavy atom. The molecule has 0 aliphatic carbocycles. The van der Waals surface area contributed by atoms with Crippen molar-refractivity contribution in [2.75, 3.05) is 11.6 Å². The highest BCUT2D eigenvalue weighted by Gasteiger charge is 2.29. The molecule has 0 saturated heterocycles. The Morgan fingerprint density at radius 2 is 1.62 bits per heavy atom. The van der Waals surface area contributed by atoms with Crippen LogP contribution >= 0.6 is 0 Å². The monoisotopic (exact) mass is 386 g/mol. The first kappa shape index (κ1) is 17.9. The summed E-state index contributed by atoms with van der Waals surface area (Å²) in [5.41, 5.74) is 4.51. The minimum atomic E-state index is -0.201. The molecule has 3 aromatic carbocycles. The van der Waals surface area contributed by atoms with E-state index in [1.165, 1.54) is 17.7 Å². The van der Waals surface area contributed by atoms with E-state index in [0.717, 1.165) is 42.4 Å². The molecular formula is C24H23FN4. The Labute approximate surface area is 169 Å². The van der Waals surface area contributed by atoms with Crippen molar-refractivity contribution < 1.29 is 4.39 Å². The van der Waals surface area contributed by atoms with E-state index in [4.69, 9.17) is 4.98 Å². The zero-order valence-electron chi connectivity index (χ0n) is 16.4. The summed E-state index contributed by atoms with van der Waals surface area (Å²) in [7, 11) is 0. The first-order chi connectivity index (χ1) is 14.2. The van der Waals surface area contributed by atoms with Gasteiger partial charge in [0.15, 0.2) is 0 Å². The average Bonchev–Trinajstić information content (AvgIpc) is 3.14. The number of anilines is 1. The fourth-order valence-electron chi connectivity index (χ4n) is 4.07. The third kappa shape index (κ3) is 3.38. The number of fused-ring (bicyclic) bond motifs is 3. The first-order valence-corrected chi connectivity index (χ1v) is 9.93. The largest absolute Gasteiger partial charge is 0.325 e. The third-order valence-electron chi connectivity index (χ3n) is 5.71. The van der Waals surface area contributed by atoms with Crippen molar-refractivity contribution in [3.63, 3.8) is 0 Å². The first-order valence-electron chi connectivity index (χ1n) is 9.93. The molecule has 0 radical (unpaired) electrons. The van der Waals surface area contributed by atoms with E-state index in [2.05, 4.69) is 63.8 Å². The van der Waals surface area contributed by atoms with Crippen LogP contribution in [0.3, 0.4) is 0 Å². The molecule has 1 atom stereocenters. The highest BCUT2D eigenvalue weighted by atomic mass is 19.1. The van der Waals surface area contributed by atoms with Gasteiger partial charge in [0, 0.05) is 12.6 Å². The van der Waals surface area contributed by atoms with Gasteiger partial charge in [-0.25, -0.2) is 9.37 Å². The molecule has 0 bridgehead atoms. The maximum Gasteiger partial charge on any atom is 0.209 e. The van der Waals surface area contributed by atoms with Gasteiger partial charge >= 0.3 is 0 Å². The Balaban J connectivity index is 1.53. The van der Waals surface area contributed by atoms with Crippen LogP contribution in [0.15, 0.2) is 78.9 Å². The molecule has 2 heterocycles. The van der Waals surface area contributed by atoms with Gasteiger partial charge in [-0.05, 0) is 42.3 Å². The van der Waals surface area contributed by atoms with Crippen LogP contribution < -0.4 is 4.90 Å². The molecule has 0 saturated carbocycles. The lowest BCUT2D eigenvalue weighted by atomic mass is 10.1. The summed E-state index contributed by atoms with van der Waals surface area (Å²) < 4.78 is 15.7. The van der Waals surface area contributed by atoms with E-state index in [1.807, 2.05) is 24.3 Å². The van der Waals surface area contributed by atoms with E-state index in [-0.39, 0.29) is 11.9 Å². The van der Waals surface area contributed by atoms with E-state index >= 15 is 0 Å². The molecule has 29 heavy (non-hydrogen) atoms. The lowest BCUT2D eigenvalue weighted by molar-refractivity contribution is 0.146. The second-order valence-electron chi connectivity index (χ2n) is 7.61. The molecule has 0 amide bonds. The molecule has 4 aromatic rings. The molecule has 146 valence electrons. The summed E-state index contributed by atoms with van der Waals surface area (Å²) in [4.78, 5) is 9.64. The summed E-state index contributed by atoms with van der Waals surface area (Å²) in [6.45, 7) is 4.48. The van der Waals surface area contributed by atoms with Crippen LogP contribution in [0, 0.1) is 5.82 Å². The van der Waals surface area contributed by atoms with Crippen molar-refractivity contribution in [3.05, 3.63) is 95.8 Å². The quantitative estimate of drug-likeness (QED) is 0.483. The Morgan fingerprint density at radius 1 is 0.897 bits per heavy atom. The van der Waals surface area contributed by atoms with Gasteiger partial charge in [0.2, 0.25) is 5.95 Å². The SMILES string of the molecule is C[C@@H](c1ccc(F)cc1)N1CN(Cc2ccccc2)c2nc3ccccc3n2C1. The normalized spacial score (nSPS) is 15.4. The molecule has 5 rings (SSSR count).